The van der Waals surface area contributed by atoms with Gasteiger partial charge in [0.2, 0.25) is 0 Å². The minimum atomic E-state index is 0.229. The van der Waals surface area contributed by atoms with E-state index in [9.17, 15) is 0 Å². The van der Waals surface area contributed by atoms with Crippen LogP contribution >= 0.6 is 11.8 Å². The highest BCUT2D eigenvalue weighted by Crippen LogP contribution is 2.37. The monoisotopic (exact) mass is 291 g/mol. The molecule has 0 aromatic heterocycles. The Labute approximate surface area is 126 Å². The first kappa shape index (κ1) is 14.4. The minimum absolute atomic E-state index is 0.229. The van der Waals surface area contributed by atoms with Crippen molar-refractivity contribution in [1.29, 1.82) is 0 Å². The van der Waals surface area contributed by atoms with E-state index in [1.807, 2.05) is 11.8 Å². The number of hydrogen-bond acceptors (Lipinski definition) is 4. The molecule has 1 saturated carbocycles. The number of thioether (sulfide) groups is 1. The van der Waals surface area contributed by atoms with Crippen molar-refractivity contribution in [2.24, 2.45) is 5.84 Å². The highest BCUT2D eigenvalue weighted by molar-refractivity contribution is 7.99. The number of hydrazine groups is 1. The van der Waals surface area contributed by atoms with Gasteiger partial charge in [-0.15, -0.1) is 0 Å². The molecule has 110 valence electrons. The third-order valence-electron chi connectivity index (χ3n) is 4.85. The van der Waals surface area contributed by atoms with Gasteiger partial charge in [0.1, 0.15) is 0 Å². The number of nitrogens with one attached hydrogen (secondary N) is 1. The molecule has 1 aliphatic carbocycles. The summed E-state index contributed by atoms with van der Waals surface area (Å²) >= 11 is 2.03. The van der Waals surface area contributed by atoms with Crippen molar-refractivity contribution in [2.45, 2.75) is 37.3 Å². The van der Waals surface area contributed by atoms with E-state index in [1.165, 1.54) is 36.1 Å². The Morgan fingerprint density at radius 1 is 1.40 bits per heavy atom. The number of nitrogens with two attached hydrogens (primary N) is 1. The zero-order valence-electron chi connectivity index (χ0n) is 12.2. The molecule has 0 bridgehead atoms. The van der Waals surface area contributed by atoms with Crippen LogP contribution in [0.3, 0.4) is 0 Å². The van der Waals surface area contributed by atoms with Gasteiger partial charge < -0.3 is 0 Å². The maximum absolute atomic E-state index is 5.88. The quantitative estimate of drug-likeness (QED) is 0.661. The fraction of sp³-hybridized carbons (Fsp3) is 0.625. The summed E-state index contributed by atoms with van der Waals surface area (Å²) in [6.07, 6.45) is 4.09. The Morgan fingerprint density at radius 2 is 2.25 bits per heavy atom. The third-order valence-corrected chi connectivity index (χ3v) is 5.90. The van der Waals surface area contributed by atoms with Crippen LogP contribution in [-0.2, 0) is 0 Å². The highest BCUT2D eigenvalue weighted by atomic mass is 32.2. The topological polar surface area (TPSA) is 41.3 Å². The summed E-state index contributed by atoms with van der Waals surface area (Å²) in [5.41, 5.74) is 5.91. The number of benzene rings is 1. The van der Waals surface area contributed by atoms with E-state index in [-0.39, 0.29) is 6.04 Å². The molecule has 3 N–H and O–H groups in total. The van der Waals surface area contributed by atoms with E-state index in [4.69, 9.17) is 5.84 Å². The maximum atomic E-state index is 5.88. The predicted octanol–water partition coefficient (Wildman–Crippen LogP) is 2.51. The summed E-state index contributed by atoms with van der Waals surface area (Å²) < 4.78 is 0. The molecule has 20 heavy (non-hydrogen) atoms. The predicted molar refractivity (Wildman–Crippen MR) is 86.8 cm³/mol. The summed E-state index contributed by atoms with van der Waals surface area (Å²) in [4.78, 5) is 2.44. The van der Waals surface area contributed by atoms with Crippen molar-refractivity contribution in [3.63, 3.8) is 0 Å². The highest BCUT2D eigenvalue weighted by Gasteiger charge is 2.29. The Bertz CT molecular complexity index is 447. The van der Waals surface area contributed by atoms with Crippen molar-refractivity contribution in [1.82, 2.24) is 10.3 Å². The van der Waals surface area contributed by atoms with Crippen LogP contribution in [0.2, 0.25) is 0 Å². The van der Waals surface area contributed by atoms with Crippen LogP contribution in [0.15, 0.2) is 24.3 Å². The Balaban J connectivity index is 1.80. The summed E-state index contributed by atoms with van der Waals surface area (Å²) in [5, 5.41) is 0. The molecule has 2 fully saturated rings. The van der Waals surface area contributed by atoms with Crippen LogP contribution in [-0.4, -0.2) is 36.0 Å². The summed E-state index contributed by atoms with van der Waals surface area (Å²) in [6, 6.07) is 9.79. The van der Waals surface area contributed by atoms with Crippen molar-refractivity contribution in [2.75, 3.05) is 25.1 Å². The van der Waals surface area contributed by atoms with Gasteiger partial charge >= 0.3 is 0 Å². The molecule has 0 amide bonds. The summed E-state index contributed by atoms with van der Waals surface area (Å²) in [7, 11) is 2.21. The average molecular weight is 291 g/mol. The molecule has 1 saturated heterocycles. The normalized spacial score (nSPS) is 26.2. The van der Waals surface area contributed by atoms with Crippen LogP contribution in [0, 0.1) is 0 Å². The van der Waals surface area contributed by atoms with Crippen molar-refractivity contribution < 1.29 is 0 Å². The minimum Gasteiger partial charge on any atom is -0.300 e. The molecule has 1 aliphatic heterocycles. The Kier molecular flexibility index (Phi) is 4.66. The first-order valence-corrected chi connectivity index (χ1v) is 8.79. The lowest BCUT2D eigenvalue weighted by molar-refractivity contribution is 0.216. The van der Waals surface area contributed by atoms with Crippen molar-refractivity contribution >= 4 is 11.8 Å². The first-order chi connectivity index (χ1) is 9.79. The number of nitrogens with zero attached hydrogens (tertiary/aromatic N) is 1. The van der Waals surface area contributed by atoms with E-state index in [1.54, 1.807) is 0 Å². The van der Waals surface area contributed by atoms with Crippen LogP contribution in [0.25, 0.3) is 0 Å². The lowest BCUT2D eigenvalue weighted by Gasteiger charge is -2.38. The molecule has 3 rings (SSSR count). The van der Waals surface area contributed by atoms with Gasteiger partial charge in [0.05, 0.1) is 6.04 Å². The van der Waals surface area contributed by atoms with Gasteiger partial charge in [-0.05, 0) is 36.9 Å². The van der Waals surface area contributed by atoms with Gasteiger partial charge in [-0.3, -0.25) is 16.2 Å². The van der Waals surface area contributed by atoms with Crippen molar-refractivity contribution in [3.8, 4) is 0 Å². The molecule has 0 radical (unpaired) electrons. The second kappa shape index (κ2) is 6.48. The molecule has 2 aliphatic rings. The van der Waals surface area contributed by atoms with E-state index in [2.05, 4.69) is 41.6 Å². The Morgan fingerprint density at radius 3 is 2.90 bits per heavy atom. The first-order valence-electron chi connectivity index (χ1n) is 7.63. The van der Waals surface area contributed by atoms with E-state index >= 15 is 0 Å². The van der Waals surface area contributed by atoms with Crippen LogP contribution in [0.4, 0.5) is 0 Å². The smallest absolute Gasteiger partial charge is 0.0623 e. The van der Waals surface area contributed by atoms with E-state index in [0.717, 1.165) is 18.2 Å². The van der Waals surface area contributed by atoms with Crippen molar-refractivity contribution in [3.05, 3.63) is 35.4 Å². The molecule has 2 atom stereocenters. The van der Waals surface area contributed by atoms with Gasteiger partial charge in [0, 0.05) is 24.1 Å². The molecule has 1 aromatic rings. The van der Waals surface area contributed by atoms with Crippen LogP contribution in [0.1, 0.15) is 42.3 Å². The molecule has 3 nitrogen and oxygen atoms in total. The third kappa shape index (κ3) is 2.89. The standard InChI is InChI=1S/C16H25N3S/c1-19-8-9-20-11-15(19)16(18-17)14-7-3-6-13(10-14)12-4-2-5-12/h3,6-7,10,12,15-16,18H,2,4-5,8-9,11,17H2,1H3. The fourth-order valence-corrected chi connectivity index (χ4v) is 4.51. The molecule has 0 spiro atoms. The van der Waals surface area contributed by atoms with Crippen LogP contribution < -0.4 is 11.3 Å². The molecule has 1 heterocycles. The van der Waals surface area contributed by atoms with E-state index < -0.39 is 0 Å². The largest absolute Gasteiger partial charge is 0.300 e. The number of rotatable bonds is 4. The SMILES string of the molecule is CN1CCSCC1C(NN)c1cccc(C2CCC2)c1. The molecular formula is C16H25N3S. The summed E-state index contributed by atoms with van der Waals surface area (Å²) in [5.74, 6) is 9.05. The molecular weight excluding hydrogens is 266 g/mol. The zero-order valence-corrected chi connectivity index (χ0v) is 13.0. The number of likely N-dealkylation sites (N-methyl/N-ethyl adjacent to an activating group) is 1. The molecule has 4 heteroatoms. The second-order valence-corrected chi connectivity index (χ2v) is 7.21. The zero-order chi connectivity index (χ0) is 13.9. The Hall–Kier alpha value is -0.550. The van der Waals surface area contributed by atoms with Gasteiger partial charge in [-0.2, -0.15) is 11.8 Å². The van der Waals surface area contributed by atoms with Gasteiger partial charge in [0.25, 0.3) is 0 Å². The fourth-order valence-electron chi connectivity index (χ4n) is 3.23. The van der Waals surface area contributed by atoms with E-state index in [0.29, 0.717) is 6.04 Å². The second-order valence-electron chi connectivity index (χ2n) is 6.07. The lowest BCUT2D eigenvalue weighted by atomic mass is 9.79. The van der Waals surface area contributed by atoms with Gasteiger partial charge in [-0.25, -0.2) is 0 Å². The summed E-state index contributed by atoms with van der Waals surface area (Å²) in [6.45, 7) is 1.15. The molecule has 1 aromatic carbocycles. The van der Waals surface area contributed by atoms with Gasteiger partial charge in [-0.1, -0.05) is 30.7 Å². The average Bonchev–Trinajstić information content (AvgIpc) is 2.40. The molecule has 2 unspecified atom stereocenters. The maximum Gasteiger partial charge on any atom is 0.0623 e. The lowest BCUT2D eigenvalue weighted by Crippen LogP contribution is -2.49. The van der Waals surface area contributed by atoms with Crippen LogP contribution in [0.5, 0.6) is 0 Å². The number of hydrogen-bond donors (Lipinski definition) is 2. The van der Waals surface area contributed by atoms with Gasteiger partial charge in [0.15, 0.2) is 0 Å².